The summed E-state index contributed by atoms with van der Waals surface area (Å²) < 4.78 is 44.1. The maximum Gasteiger partial charge on any atom is 0.433 e. The lowest BCUT2D eigenvalue weighted by Gasteiger charge is -2.48. The number of alkyl halides is 3. The van der Waals surface area contributed by atoms with Gasteiger partial charge >= 0.3 is 6.18 Å². The first-order chi connectivity index (χ1) is 16.6. The van der Waals surface area contributed by atoms with Crippen molar-refractivity contribution in [3.8, 4) is 5.75 Å². The Kier molecular flexibility index (Phi) is 7.17. The molecule has 2 atom stereocenters. The summed E-state index contributed by atoms with van der Waals surface area (Å²) in [4.78, 5) is 31.9. The molecule has 2 aromatic rings. The maximum absolute atomic E-state index is 13.0. The van der Waals surface area contributed by atoms with Gasteiger partial charge in [-0.25, -0.2) is 0 Å². The summed E-state index contributed by atoms with van der Waals surface area (Å²) in [6.45, 7) is 7.36. The number of hydrogen-bond donors (Lipinski definition) is 0. The number of ketones is 1. The molecule has 0 radical (unpaired) electrons. The monoisotopic (exact) mass is 489 g/mol. The Morgan fingerprint density at radius 3 is 2.51 bits per heavy atom. The number of Topliss-reactive ketones (excluding diaryl/α,β-unsaturated/α-hetero) is 1. The fourth-order valence-electron chi connectivity index (χ4n) is 5.15. The highest BCUT2D eigenvalue weighted by Crippen LogP contribution is 2.39. The lowest BCUT2D eigenvalue weighted by atomic mass is 9.86. The number of halogens is 3. The number of piperidine rings is 1. The second kappa shape index (κ2) is 9.97. The van der Waals surface area contributed by atoms with Gasteiger partial charge in [-0.15, -0.1) is 0 Å². The zero-order valence-electron chi connectivity index (χ0n) is 20.2. The van der Waals surface area contributed by atoms with E-state index in [-0.39, 0.29) is 35.9 Å². The molecule has 2 fully saturated rings. The van der Waals surface area contributed by atoms with Crippen molar-refractivity contribution in [3.05, 3.63) is 58.4 Å². The number of carbonyl (C=O) groups is 2. The fraction of sp³-hybridized carbons (Fsp3) is 0.500. The lowest BCUT2D eigenvalue weighted by molar-refractivity contribution is -0.141. The standard InChI is InChI=1S/C26H30F3N3O3/c1-16(33)15-35-23-9-8-21(17(2)18(23)3)22-6-4-5-20-14-31(11-12-32(20)22)25(34)19-7-10-24(30-13-19)26(27,28)29/h7-10,13,20,22H,4-6,11-12,14-15H2,1-3H3. The molecule has 0 bridgehead atoms. The summed E-state index contributed by atoms with van der Waals surface area (Å²) in [5.74, 6) is 0.405. The van der Waals surface area contributed by atoms with Crippen LogP contribution in [0.2, 0.25) is 0 Å². The van der Waals surface area contributed by atoms with Crippen LogP contribution in [-0.4, -0.2) is 58.8 Å². The Labute approximate surface area is 203 Å². The minimum Gasteiger partial charge on any atom is -0.486 e. The quantitative estimate of drug-likeness (QED) is 0.607. The van der Waals surface area contributed by atoms with Gasteiger partial charge in [0.05, 0.1) is 5.56 Å². The van der Waals surface area contributed by atoms with Crippen LogP contribution >= 0.6 is 0 Å². The number of pyridine rings is 1. The van der Waals surface area contributed by atoms with Crippen molar-refractivity contribution in [1.29, 1.82) is 0 Å². The molecule has 6 nitrogen and oxygen atoms in total. The van der Waals surface area contributed by atoms with E-state index in [1.807, 2.05) is 13.0 Å². The number of piperazine rings is 1. The van der Waals surface area contributed by atoms with Crippen LogP contribution in [0, 0.1) is 13.8 Å². The topological polar surface area (TPSA) is 62.7 Å². The normalized spacial score (nSPS) is 20.9. The number of aromatic nitrogens is 1. The molecule has 0 N–H and O–H groups in total. The molecular weight excluding hydrogens is 459 g/mol. The third-order valence-electron chi connectivity index (χ3n) is 7.10. The summed E-state index contributed by atoms with van der Waals surface area (Å²) in [7, 11) is 0. The molecule has 0 saturated carbocycles. The number of carbonyl (C=O) groups excluding carboxylic acids is 2. The van der Waals surface area contributed by atoms with Crippen LogP contribution in [0.5, 0.6) is 5.75 Å². The molecule has 0 aliphatic carbocycles. The summed E-state index contributed by atoms with van der Waals surface area (Å²) in [5.41, 5.74) is 2.57. The predicted octanol–water partition coefficient (Wildman–Crippen LogP) is 4.74. The molecule has 2 saturated heterocycles. The smallest absolute Gasteiger partial charge is 0.433 e. The number of amides is 1. The molecular formula is C26H30F3N3O3. The summed E-state index contributed by atoms with van der Waals surface area (Å²) in [6.07, 6.45) is -0.511. The van der Waals surface area contributed by atoms with Crippen molar-refractivity contribution in [2.24, 2.45) is 0 Å². The van der Waals surface area contributed by atoms with Crippen LogP contribution in [0.3, 0.4) is 0 Å². The molecule has 2 aliphatic heterocycles. The van der Waals surface area contributed by atoms with E-state index in [1.165, 1.54) is 18.6 Å². The third kappa shape index (κ3) is 5.34. The number of rotatable bonds is 5. The Hall–Kier alpha value is -2.94. The molecule has 1 aromatic heterocycles. The predicted molar refractivity (Wildman–Crippen MR) is 124 cm³/mol. The molecule has 1 aromatic carbocycles. The van der Waals surface area contributed by atoms with Crippen molar-refractivity contribution < 1.29 is 27.5 Å². The van der Waals surface area contributed by atoms with Crippen LogP contribution < -0.4 is 4.74 Å². The van der Waals surface area contributed by atoms with Crippen molar-refractivity contribution in [1.82, 2.24) is 14.8 Å². The van der Waals surface area contributed by atoms with E-state index < -0.39 is 11.9 Å². The molecule has 188 valence electrons. The van der Waals surface area contributed by atoms with Crippen LogP contribution in [0.25, 0.3) is 0 Å². The maximum atomic E-state index is 13.0. The SMILES string of the molecule is CC(=O)COc1ccc(C2CCCC3CN(C(=O)c4ccc(C(F)(F)F)nc4)CCN32)c(C)c1C. The van der Waals surface area contributed by atoms with E-state index in [2.05, 4.69) is 22.9 Å². The number of ether oxygens (including phenoxy) is 1. The molecule has 9 heteroatoms. The second-order valence-electron chi connectivity index (χ2n) is 9.41. The van der Waals surface area contributed by atoms with Gasteiger partial charge in [-0.05, 0) is 74.9 Å². The van der Waals surface area contributed by atoms with Gasteiger partial charge in [-0.2, -0.15) is 13.2 Å². The second-order valence-corrected chi connectivity index (χ2v) is 9.41. The molecule has 2 unspecified atom stereocenters. The average molecular weight is 490 g/mol. The molecule has 4 rings (SSSR count). The van der Waals surface area contributed by atoms with Crippen LogP contribution in [0.15, 0.2) is 30.5 Å². The number of benzene rings is 1. The van der Waals surface area contributed by atoms with Gasteiger partial charge in [-0.1, -0.05) is 6.07 Å². The van der Waals surface area contributed by atoms with Crippen LogP contribution in [0.4, 0.5) is 13.2 Å². The van der Waals surface area contributed by atoms with Crippen molar-refractivity contribution in [3.63, 3.8) is 0 Å². The van der Waals surface area contributed by atoms with Crippen molar-refractivity contribution in [2.75, 3.05) is 26.2 Å². The first-order valence-electron chi connectivity index (χ1n) is 11.9. The van der Waals surface area contributed by atoms with Gasteiger partial charge in [0, 0.05) is 37.9 Å². The van der Waals surface area contributed by atoms with Crippen molar-refractivity contribution in [2.45, 2.75) is 58.3 Å². The Morgan fingerprint density at radius 1 is 1.09 bits per heavy atom. The van der Waals surface area contributed by atoms with E-state index >= 15 is 0 Å². The van der Waals surface area contributed by atoms with E-state index in [0.29, 0.717) is 19.6 Å². The Morgan fingerprint density at radius 2 is 1.86 bits per heavy atom. The van der Waals surface area contributed by atoms with Crippen molar-refractivity contribution >= 4 is 11.7 Å². The zero-order chi connectivity index (χ0) is 25.3. The highest BCUT2D eigenvalue weighted by Gasteiger charge is 2.38. The lowest BCUT2D eigenvalue weighted by Crippen LogP contribution is -2.57. The number of hydrogen-bond acceptors (Lipinski definition) is 5. The first-order valence-corrected chi connectivity index (χ1v) is 11.9. The minimum absolute atomic E-state index is 0.0271. The largest absolute Gasteiger partial charge is 0.486 e. The van der Waals surface area contributed by atoms with Crippen LogP contribution in [-0.2, 0) is 11.0 Å². The highest BCUT2D eigenvalue weighted by molar-refractivity contribution is 5.94. The van der Waals surface area contributed by atoms with Crippen LogP contribution in [0.1, 0.15) is 65.0 Å². The fourth-order valence-corrected chi connectivity index (χ4v) is 5.15. The first kappa shape index (κ1) is 25.2. The average Bonchev–Trinajstić information content (AvgIpc) is 2.83. The summed E-state index contributed by atoms with van der Waals surface area (Å²) >= 11 is 0. The molecule has 35 heavy (non-hydrogen) atoms. The third-order valence-corrected chi connectivity index (χ3v) is 7.10. The van der Waals surface area contributed by atoms with E-state index in [1.54, 1.807) is 4.90 Å². The highest BCUT2D eigenvalue weighted by atomic mass is 19.4. The Balaban J connectivity index is 1.47. The molecule has 2 aliphatic rings. The van der Waals surface area contributed by atoms with Gasteiger partial charge < -0.3 is 9.64 Å². The number of nitrogens with zero attached hydrogens (tertiary/aromatic N) is 3. The molecule has 3 heterocycles. The summed E-state index contributed by atoms with van der Waals surface area (Å²) in [6, 6.07) is 6.48. The number of fused-ring (bicyclic) bond motifs is 1. The summed E-state index contributed by atoms with van der Waals surface area (Å²) in [5, 5.41) is 0. The van der Waals surface area contributed by atoms with Gasteiger partial charge in [0.1, 0.15) is 18.1 Å². The van der Waals surface area contributed by atoms with Gasteiger partial charge in [-0.3, -0.25) is 19.5 Å². The van der Waals surface area contributed by atoms with Gasteiger partial charge in [0.2, 0.25) is 0 Å². The molecule has 1 amide bonds. The van der Waals surface area contributed by atoms with Gasteiger partial charge in [0.25, 0.3) is 5.91 Å². The van der Waals surface area contributed by atoms with E-state index in [4.69, 9.17) is 4.74 Å². The van der Waals surface area contributed by atoms with E-state index in [9.17, 15) is 22.8 Å². The Bertz CT molecular complexity index is 1100. The zero-order valence-corrected chi connectivity index (χ0v) is 20.2. The minimum atomic E-state index is -4.53. The molecule has 0 spiro atoms. The van der Waals surface area contributed by atoms with Gasteiger partial charge in [0.15, 0.2) is 5.78 Å². The van der Waals surface area contributed by atoms with E-state index in [0.717, 1.165) is 48.4 Å².